The van der Waals surface area contributed by atoms with Crippen LogP contribution in [0, 0.1) is 13.8 Å². The number of carbonyl (C=O) groups is 2. The van der Waals surface area contributed by atoms with Crippen molar-refractivity contribution in [3.8, 4) is 0 Å². The molecule has 0 aromatic heterocycles. The fourth-order valence-electron chi connectivity index (χ4n) is 3.15. The van der Waals surface area contributed by atoms with Crippen LogP contribution < -0.4 is 10.2 Å². The molecular weight excluding hydrogens is 340 g/mol. The number of morpholine rings is 1. The average molecular weight is 366 g/mol. The standard InChI is InChI=1S/C22H26N2O3/c1-16-6-7-18(14-17(16)2)4-3-5-21(25)23-19-8-10-20(11-9-19)24-12-13-27-15-22(24)26/h6-11,14H,3-5,12-13,15H2,1-2H3,(H,23,25). The van der Waals surface area contributed by atoms with Crippen LogP contribution >= 0.6 is 0 Å². The number of amides is 2. The summed E-state index contributed by atoms with van der Waals surface area (Å²) in [5, 5.41) is 2.92. The van der Waals surface area contributed by atoms with Crippen LogP contribution in [0.3, 0.4) is 0 Å². The smallest absolute Gasteiger partial charge is 0.253 e. The summed E-state index contributed by atoms with van der Waals surface area (Å²) in [6, 6.07) is 13.8. The van der Waals surface area contributed by atoms with Crippen molar-refractivity contribution in [1.29, 1.82) is 0 Å². The molecule has 1 N–H and O–H groups in total. The number of hydrogen-bond donors (Lipinski definition) is 1. The molecule has 1 aliphatic rings. The lowest BCUT2D eigenvalue weighted by molar-refractivity contribution is -0.125. The molecular formula is C22H26N2O3. The molecule has 1 fully saturated rings. The molecule has 27 heavy (non-hydrogen) atoms. The first-order valence-corrected chi connectivity index (χ1v) is 9.37. The first-order valence-electron chi connectivity index (χ1n) is 9.37. The van der Waals surface area contributed by atoms with Gasteiger partial charge in [-0.15, -0.1) is 0 Å². The number of nitrogens with one attached hydrogen (secondary N) is 1. The second-order valence-electron chi connectivity index (χ2n) is 6.97. The maximum Gasteiger partial charge on any atom is 0.253 e. The van der Waals surface area contributed by atoms with Crippen LogP contribution in [-0.2, 0) is 20.7 Å². The van der Waals surface area contributed by atoms with Crippen LogP contribution in [0.1, 0.15) is 29.5 Å². The number of carbonyl (C=O) groups excluding carboxylic acids is 2. The van der Waals surface area contributed by atoms with Crippen LogP contribution in [0.4, 0.5) is 11.4 Å². The Morgan fingerprint density at radius 1 is 1.11 bits per heavy atom. The summed E-state index contributed by atoms with van der Waals surface area (Å²) >= 11 is 0. The van der Waals surface area contributed by atoms with Crippen molar-refractivity contribution < 1.29 is 14.3 Å². The van der Waals surface area contributed by atoms with Gasteiger partial charge in [-0.1, -0.05) is 18.2 Å². The van der Waals surface area contributed by atoms with Crippen molar-refractivity contribution >= 4 is 23.2 Å². The van der Waals surface area contributed by atoms with E-state index in [4.69, 9.17) is 4.74 Å². The zero-order chi connectivity index (χ0) is 19.2. The zero-order valence-corrected chi connectivity index (χ0v) is 16.0. The summed E-state index contributed by atoms with van der Waals surface area (Å²) < 4.78 is 5.14. The predicted octanol–water partition coefficient (Wildman–Crippen LogP) is 3.63. The molecule has 0 radical (unpaired) electrons. The highest BCUT2D eigenvalue weighted by Crippen LogP contribution is 2.20. The van der Waals surface area contributed by atoms with Gasteiger partial charge >= 0.3 is 0 Å². The third-order valence-electron chi connectivity index (χ3n) is 4.89. The molecule has 1 heterocycles. The Balaban J connectivity index is 1.47. The Kier molecular flexibility index (Phi) is 6.24. The molecule has 2 aromatic rings. The van der Waals surface area contributed by atoms with Crippen LogP contribution in [0.25, 0.3) is 0 Å². The van der Waals surface area contributed by atoms with E-state index >= 15 is 0 Å². The van der Waals surface area contributed by atoms with Gasteiger partial charge in [0.2, 0.25) is 5.91 Å². The molecule has 0 atom stereocenters. The summed E-state index contributed by atoms with van der Waals surface area (Å²) in [6.45, 7) is 5.44. The minimum Gasteiger partial charge on any atom is -0.370 e. The molecule has 0 saturated carbocycles. The van der Waals surface area contributed by atoms with Gasteiger partial charge in [-0.3, -0.25) is 9.59 Å². The van der Waals surface area contributed by atoms with E-state index in [9.17, 15) is 9.59 Å². The van der Waals surface area contributed by atoms with Crippen molar-refractivity contribution in [2.75, 3.05) is 30.0 Å². The molecule has 5 nitrogen and oxygen atoms in total. The highest BCUT2D eigenvalue weighted by Gasteiger charge is 2.19. The molecule has 5 heteroatoms. The average Bonchev–Trinajstić information content (AvgIpc) is 2.66. The fraction of sp³-hybridized carbons (Fsp3) is 0.364. The largest absolute Gasteiger partial charge is 0.370 e. The van der Waals surface area contributed by atoms with E-state index in [0.717, 1.165) is 24.2 Å². The highest BCUT2D eigenvalue weighted by atomic mass is 16.5. The molecule has 0 bridgehead atoms. The van der Waals surface area contributed by atoms with E-state index in [1.165, 1.54) is 16.7 Å². The van der Waals surface area contributed by atoms with E-state index < -0.39 is 0 Å². The minimum atomic E-state index is -0.0376. The third kappa shape index (κ3) is 5.17. The highest BCUT2D eigenvalue weighted by molar-refractivity contribution is 5.95. The number of aryl methyl sites for hydroxylation is 3. The van der Waals surface area contributed by atoms with Crippen molar-refractivity contribution in [3.63, 3.8) is 0 Å². The zero-order valence-electron chi connectivity index (χ0n) is 16.0. The van der Waals surface area contributed by atoms with E-state index in [1.807, 2.05) is 24.3 Å². The lowest BCUT2D eigenvalue weighted by atomic mass is 10.0. The number of ether oxygens (including phenoxy) is 1. The first kappa shape index (κ1) is 19.1. The van der Waals surface area contributed by atoms with Gasteiger partial charge in [-0.25, -0.2) is 0 Å². The quantitative estimate of drug-likeness (QED) is 0.849. The number of rotatable bonds is 6. The van der Waals surface area contributed by atoms with Crippen molar-refractivity contribution in [3.05, 3.63) is 59.2 Å². The van der Waals surface area contributed by atoms with Gasteiger partial charge in [0.1, 0.15) is 6.61 Å². The topological polar surface area (TPSA) is 58.6 Å². The van der Waals surface area contributed by atoms with Crippen molar-refractivity contribution in [2.45, 2.75) is 33.1 Å². The van der Waals surface area contributed by atoms with E-state index in [1.54, 1.807) is 4.90 Å². The third-order valence-corrected chi connectivity index (χ3v) is 4.89. The molecule has 0 spiro atoms. The van der Waals surface area contributed by atoms with Gasteiger partial charge in [-0.2, -0.15) is 0 Å². The SMILES string of the molecule is Cc1ccc(CCCC(=O)Nc2ccc(N3CCOCC3=O)cc2)cc1C. The second kappa shape index (κ2) is 8.82. The molecule has 1 aliphatic heterocycles. The summed E-state index contributed by atoms with van der Waals surface area (Å²) in [7, 11) is 0. The number of benzene rings is 2. The molecule has 142 valence electrons. The Morgan fingerprint density at radius 2 is 1.89 bits per heavy atom. The molecule has 0 unspecified atom stereocenters. The van der Waals surface area contributed by atoms with Crippen molar-refractivity contribution in [2.24, 2.45) is 0 Å². The lowest BCUT2D eigenvalue weighted by Crippen LogP contribution is -2.41. The normalized spacial score (nSPS) is 14.3. The van der Waals surface area contributed by atoms with E-state index in [2.05, 4.69) is 37.4 Å². The molecule has 3 rings (SSSR count). The Bertz CT molecular complexity index is 815. The Labute approximate surface area is 160 Å². The van der Waals surface area contributed by atoms with Crippen LogP contribution in [0.2, 0.25) is 0 Å². The Hall–Kier alpha value is -2.66. The van der Waals surface area contributed by atoms with Crippen LogP contribution in [0.15, 0.2) is 42.5 Å². The lowest BCUT2D eigenvalue weighted by Gasteiger charge is -2.26. The second-order valence-corrected chi connectivity index (χ2v) is 6.97. The monoisotopic (exact) mass is 366 g/mol. The number of anilines is 2. The Morgan fingerprint density at radius 3 is 2.59 bits per heavy atom. The van der Waals surface area contributed by atoms with Gasteiger partial charge in [0.25, 0.3) is 5.91 Å². The summed E-state index contributed by atoms with van der Waals surface area (Å²) in [6.07, 6.45) is 2.19. The number of hydrogen-bond acceptors (Lipinski definition) is 3. The molecule has 0 aliphatic carbocycles. The number of nitrogens with zero attached hydrogens (tertiary/aromatic N) is 1. The van der Waals surface area contributed by atoms with Gasteiger partial charge in [0.05, 0.1) is 6.61 Å². The molecule has 2 amide bonds. The van der Waals surface area contributed by atoms with Crippen LogP contribution in [-0.4, -0.2) is 31.6 Å². The van der Waals surface area contributed by atoms with Gasteiger partial charge in [-0.05, 0) is 67.6 Å². The van der Waals surface area contributed by atoms with E-state index in [0.29, 0.717) is 19.6 Å². The van der Waals surface area contributed by atoms with Gasteiger partial charge in [0, 0.05) is 24.3 Å². The first-order chi connectivity index (χ1) is 13.0. The van der Waals surface area contributed by atoms with Crippen molar-refractivity contribution in [1.82, 2.24) is 0 Å². The summed E-state index contributed by atoms with van der Waals surface area (Å²) in [4.78, 5) is 25.7. The van der Waals surface area contributed by atoms with Gasteiger partial charge in [0.15, 0.2) is 0 Å². The van der Waals surface area contributed by atoms with Crippen LogP contribution in [0.5, 0.6) is 0 Å². The maximum absolute atomic E-state index is 12.2. The summed E-state index contributed by atoms with van der Waals surface area (Å²) in [5.74, 6) is -0.0292. The summed E-state index contributed by atoms with van der Waals surface area (Å²) in [5.41, 5.74) is 5.42. The predicted molar refractivity (Wildman–Crippen MR) is 107 cm³/mol. The maximum atomic E-state index is 12.2. The molecule has 1 saturated heterocycles. The van der Waals surface area contributed by atoms with Gasteiger partial charge < -0.3 is 15.0 Å². The minimum absolute atomic E-state index is 0.00836. The molecule has 2 aromatic carbocycles. The fourth-order valence-corrected chi connectivity index (χ4v) is 3.15. The van der Waals surface area contributed by atoms with E-state index in [-0.39, 0.29) is 18.4 Å².